The average molecular weight is 194 g/mol. The van der Waals surface area contributed by atoms with Gasteiger partial charge in [-0.05, 0) is 19.1 Å². The zero-order chi connectivity index (χ0) is 10.4. The number of hydrogen-bond acceptors (Lipinski definition) is 2. The number of carbonyl (C=O) groups excluding carboxylic acids is 1. The number of ether oxygens (including phenoxy) is 1. The van der Waals surface area contributed by atoms with Crippen molar-refractivity contribution in [2.45, 2.75) is 6.92 Å². The highest BCUT2D eigenvalue weighted by Crippen LogP contribution is 2.07. The highest BCUT2D eigenvalue weighted by Gasteiger charge is 1.97. The van der Waals surface area contributed by atoms with Gasteiger partial charge in [0.2, 0.25) is 0 Å². The molecule has 0 N–H and O–H groups in total. The van der Waals surface area contributed by atoms with Crippen molar-refractivity contribution in [1.29, 1.82) is 0 Å². The van der Waals surface area contributed by atoms with E-state index < -0.39 is 5.97 Å². The number of benzene rings is 1. The summed E-state index contributed by atoms with van der Waals surface area (Å²) < 4.78 is 17.7. The van der Waals surface area contributed by atoms with Gasteiger partial charge in [0.25, 0.3) is 0 Å². The largest absolute Gasteiger partial charge is 0.463 e. The van der Waals surface area contributed by atoms with Gasteiger partial charge in [-0.15, -0.1) is 0 Å². The van der Waals surface area contributed by atoms with E-state index in [0.29, 0.717) is 12.2 Å². The summed E-state index contributed by atoms with van der Waals surface area (Å²) in [6.45, 7) is 2.04. The summed E-state index contributed by atoms with van der Waals surface area (Å²) in [6.07, 6.45) is 2.61. The fourth-order valence-electron chi connectivity index (χ4n) is 0.958. The molecular weight excluding hydrogens is 183 g/mol. The summed E-state index contributed by atoms with van der Waals surface area (Å²) >= 11 is 0. The van der Waals surface area contributed by atoms with Crippen molar-refractivity contribution in [2.24, 2.45) is 0 Å². The van der Waals surface area contributed by atoms with Gasteiger partial charge in [0.05, 0.1) is 6.61 Å². The summed E-state index contributed by atoms with van der Waals surface area (Å²) in [4.78, 5) is 10.9. The lowest BCUT2D eigenvalue weighted by Crippen LogP contribution is -1.98. The van der Waals surface area contributed by atoms with E-state index in [9.17, 15) is 9.18 Å². The normalized spacial score (nSPS) is 10.4. The number of hydrogen-bond donors (Lipinski definition) is 0. The minimum Gasteiger partial charge on any atom is -0.463 e. The molecule has 2 nitrogen and oxygen atoms in total. The minimum absolute atomic E-state index is 0.320. The van der Waals surface area contributed by atoms with Crippen LogP contribution in [0.3, 0.4) is 0 Å². The molecule has 1 aromatic carbocycles. The smallest absolute Gasteiger partial charge is 0.330 e. The predicted molar refractivity (Wildman–Crippen MR) is 52.1 cm³/mol. The first-order chi connectivity index (χ1) is 6.74. The maximum atomic E-state index is 13.0. The molecule has 0 amide bonds. The van der Waals surface area contributed by atoms with Crippen molar-refractivity contribution in [3.63, 3.8) is 0 Å². The molecule has 0 heterocycles. The van der Waals surface area contributed by atoms with Gasteiger partial charge < -0.3 is 4.74 Å². The lowest BCUT2D eigenvalue weighted by Gasteiger charge is -1.96. The topological polar surface area (TPSA) is 26.3 Å². The van der Waals surface area contributed by atoms with Gasteiger partial charge in [0.1, 0.15) is 5.82 Å². The highest BCUT2D eigenvalue weighted by molar-refractivity contribution is 5.87. The molecule has 0 bridgehead atoms. The Morgan fingerprint density at radius 2 is 2.21 bits per heavy atom. The van der Waals surface area contributed by atoms with E-state index in [4.69, 9.17) is 0 Å². The molecule has 0 unspecified atom stereocenters. The SMILES string of the molecule is CCOC(=O)/C=C/c1ccccc1F. The Morgan fingerprint density at radius 3 is 2.86 bits per heavy atom. The second kappa shape index (κ2) is 5.17. The first-order valence-corrected chi connectivity index (χ1v) is 4.33. The van der Waals surface area contributed by atoms with Crippen molar-refractivity contribution >= 4 is 12.0 Å². The van der Waals surface area contributed by atoms with Gasteiger partial charge in [-0.2, -0.15) is 0 Å². The van der Waals surface area contributed by atoms with Crippen molar-refractivity contribution in [3.05, 3.63) is 41.7 Å². The number of esters is 1. The molecule has 14 heavy (non-hydrogen) atoms. The number of carbonyl (C=O) groups is 1. The van der Waals surface area contributed by atoms with Crippen LogP contribution in [-0.4, -0.2) is 12.6 Å². The molecule has 0 aliphatic heterocycles. The monoisotopic (exact) mass is 194 g/mol. The molecule has 0 aromatic heterocycles. The van der Waals surface area contributed by atoms with Crippen LogP contribution in [0.1, 0.15) is 12.5 Å². The van der Waals surface area contributed by atoms with Crippen molar-refractivity contribution in [2.75, 3.05) is 6.61 Å². The molecule has 74 valence electrons. The minimum atomic E-state index is -0.462. The quantitative estimate of drug-likeness (QED) is 0.545. The molecule has 3 heteroatoms. The highest BCUT2D eigenvalue weighted by atomic mass is 19.1. The van der Waals surface area contributed by atoms with Crippen molar-refractivity contribution in [3.8, 4) is 0 Å². The fourth-order valence-corrected chi connectivity index (χ4v) is 0.958. The van der Waals surface area contributed by atoms with E-state index in [1.165, 1.54) is 18.2 Å². The molecule has 1 aromatic rings. The zero-order valence-electron chi connectivity index (χ0n) is 7.87. The van der Waals surface area contributed by atoms with Crippen LogP contribution in [0.15, 0.2) is 30.3 Å². The molecule has 0 saturated carbocycles. The maximum absolute atomic E-state index is 13.0. The van der Waals surface area contributed by atoms with E-state index in [-0.39, 0.29) is 5.82 Å². The summed E-state index contributed by atoms with van der Waals surface area (Å²) in [6, 6.07) is 6.22. The first-order valence-electron chi connectivity index (χ1n) is 4.33. The van der Waals surface area contributed by atoms with Crippen LogP contribution in [0.5, 0.6) is 0 Å². The molecule has 0 spiro atoms. The van der Waals surface area contributed by atoms with Crippen LogP contribution in [0.2, 0.25) is 0 Å². The maximum Gasteiger partial charge on any atom is 0.330 e. The third-order valence-corrected chi connectivity index (χ3v) is 1.59. The van der Waals surface area contributed by atoms with Gasteiger partial charge in [-0.1, -0.05) is 18.2 Å². The Balaban J connectivity index is 2.69. The summed E-state index contributed by atoms with van der Waals surface area (Å²) in [5.74, 6) is -0.816. The molecule has 0 saturated heterocycles. The van der Waals surface area contributed by atoms with Gasteiger partial charge >= 0.3 is 5.97 Å². The molecule has 0 fully saturated rings. The Bertz CT molecular complexity index is 345. The first kappa shape index (κ1) is 10.4. The molecule has 0 aliphatic rings. The molecule has 1 rings (SSSR count). The summed E-state index contributed by atoms with van der Waals surface area (Å²) in [5.41, 5.74) is 0.376. The molecule has 0 aliphatic carbocycles. The third-order valence-electron chi connectivity index (χ3n) is 1.59. The summed E-state index contributed by atoms with van der Waals surface area (Å²) in [7, 11) is 0. The van der Waals surface area contributed by atoms with Crippen LogP contribution in [0.4, 0.5) is 4.39 Å². The lowest BCUT2D eigenvalue weighted by molar-refractivity contribution is -0.137. The average Bonchev–Trinajstić information content (AvgIpc) is 2.17. The summed E-state index contributed by atoms with van der Waals surface area (Å²) in [5, 5.41) is 0. The third kappa shape index (κ3) is 3.01. The Labute approximate surface area is 82.0 Å². The van der Waals surface area contributed by atoms with Crippen LogP contribution in [0.25, 0.3) is 6.08 Å². The van der Waals surface area contributed by atoms with Gasteiger partial charge in [-0.25, -0.2) is 9.18 Å². The van der Waals surface area contributed by atoms with Crippen LogP contribution < -0.4 is 0 Å². The van der Waals surface area contributed by atoms with Crippen molar-refractivity contribution < 1.29 is 13.9 Å². The van der Waals surface area contributed by atoms with Crippen molar-refractivity contribution in [1.82, 2.24) is 0 Å². The Hall–Kier alpha value is -1.64. The van der Waals surface area contributed by atoms with E-state index in [2.05, 4.69) is 4.74 Å². The standard InChI is InChI=1S/C11H11FO2/c1-2-14-11(13)8-7-9-5-3-4-6-10(9)12/h3-8H,2H2,1H3/b8-7+. The van der Waals surface area contributed by atoms with E-state index in [1.54, 1.807) is 25.1 Å². The predicted octanol–water partition coefficient (Wildman–Crippen LogP) is 2.40. The van der Waals surface area contributed by atoms with E-state index in [1.807, 2.05) is 0 Å². The molecule has 0 radical (unpaired) electrons. The zero-order valence-corrected chi connectivity index (χ0v) is 7.87. The van der Waals surface area contributed by atoms with E-state index >= 15 is 0 Å². The Morgan fingerprint density at radius 1 is 1.50 bits per heavy atom. The van der Waals surface area contributed by atoms with E-state index in [0.717, 1.165) is 0 Å². The second-order valence-electron chi connectivity index (χ2n) is 2.61. The molecule has 0 atom stereocenters. The number of halogens is 1. The van der Waals surface area contributed by atoms with Crippen LogP contribution >= 0.6 is 0 Å². The Kier molecular flexibility index (Phi) is 3.85. The lowest BCUT2D eigenvalue weighted by atomic mass is 10.2. The second-order valence-corrected chi connectivity index (χ2v) is 2.61. The van der Waals surface area contributed by atoms with Crippen LogP contribution in [0, 0.1) is 5.82 Å². The fraction of sp³-hybridized carbons (Fsp3) is 0.182. The number of rotatable bonds is 3. The molecular formula is C11H11FO2. The van der Waals surface area contributed by atoms with Gasteiger partial charge in [0.15, 0.2) is 0 Å². The van der Waals surface area contributed by atoms with Gasteiger partial charge in [-0.3, -0.25) is 0 Å². The van der Waals surface area contributed by atoms with Crippen LogP contribution in [-0.2, 0) is 9.53 Å². The van der Waals surface area contributed by atoms with Gasteiger partial charge in [0, 0.05) is 11.6 Å².